The van der Waals surface area contributed by atoms with Gasteiger partial charge in [-0.15, -0.1) is 11.3 Å². The molecular formula is C15H15ClFNO2S. The van der Waals surface area contributed by atoms with Gasteiger partial charge in [-0.1, -0.05) is 18.5 Å². The number of hydrogen-bond donors (Lipinski definition) is 0. The first-order valence-corrected chi connectivity index (χ1v) is 8.08. The lowest BCUT2D eigenvalue weighted by Gasteiger charge is -2.32. The van der Waals surface area contributed by atoms with E-state index in [0.29, 0.717) is 34.3 Å². The van der Waals surface area contributed by atoms with E-state index >= 15 is 0 Å². The maximum Gasteiger partial charge on any atom is 0.265 e. The van der Waals surface area contributed by atoms with Gasteiger partial charge < -0.3 is 9.64 Å². The van der Waals surface area contributed by atoms with Crippen LogP contribution in [0.1, 0.15) is 23.0 Å². The summed E-state index contributed by atoms with van der Waals surface area (Å²) in [7, 11) is 0. The monoisotopic (exact) mass is 327 g/mol. The maximum atomic E-state index is 13.3. The molecule has 1 unspecified atom stereocenters. The molecule has 2 aromatic rings. The van der Waals surface area contributed by atoms with Gasteiger partial charge in [-0.3, -0.25) is 4.79 Å². The van der Waals surface area contributed by atoms with Crippen LogP contribution >= 0.6 is 22.9 Å². The van der Waals surface area contributed by atoms with Gasteiger partial charge in [0.1, 0.15) is 10.7 Å². The molecule has 1 atom stereocenters. The van der Waals surface area contributed by atoms with Gasteiger partial charge in [0, 0.05) is 23.2 Å². The van der Waals surface area contributed by atoms with Crippen molar-refractivity contribution in [3.8, 4) is 0 Å². The van der Waals surface area contributed by atoms with Gasteiger partial charge in [0.2, 0.25) is 0 Å². The van der Waals surface area contributed by atoms with Crippen LogP contribution in [-0.4, -0.2) is 36.6 Å². The number of ether oxygens (including phenoxy) is 1. The normalized spacial score (nSPS) is 19.2. The number of amides is 1. The Bertz CT molecular complexity index is 688. The first-order valence-electron chi connectivity index (χ1n) is 6.88. The summed E-state index contributed by atoms with van der Waals surface area (Å²) in [6.45, 7) is 3.72. The molecule has 112 valence electrons. The van der Waals surface area contributed by atoms with Crippen molar-refractivity contribution in [3.63, 3.8) is 0 Å². The summed E-state index contributed by atoms with van der Waals surface area (Å²) in [5, 5.41) is 1.14. The molecule has 0 aliphatic carbocycles. The standard InChI is InChI=1S/C15H15ClFNO2S/c1-2-10-8-18(5-6-20-10)15(19)14-13(16)11-4-3-9(17)7-12(11)21-14/h3-4,7,10H,2,5-6,8H2,1H3. The molecule has 1 aliphatic heterocycles. The summed E-state index contributed by atoms with van der Waals surface area (Å²) in [4.78, 5) is 14.9. The molecule has 1 amide bonds. The SMILES string of the molecule is CCC1CN(C(=O)c2sc3cc(F)ccc3c2Cl)CCO1. The molecule has 3 rings (SSSR count). The topological polar surface area (TPSA) is 29.5 Å². The van der Waals surface area contributed by atoms with Gasteiger partial charge in [0.05, 0.1) is 17.7 Å². The summed E-state index contributed by atoms with van der Waals surface area (Å²) in [6.07, 6.45) is 0.947. The summed E-state index contributed by atoms with van der Waals surface area (Å²) in [5.74, 6) is -0.416. The number of hydrogen-bond acceptors (Lipinski definition) is 3. The van der Waals surface area contributed by atoms with Crippen LogP contribution in [0.5, 0.6) is 0 Å². The van der Waals surface area contributed by atoms with Gasteiger partial charge in [0.15, 0.2) is 0 Å². The van der Waals surface area contributed by atoms with Crippen molar-refractivity contribution in [2.24, 2.45) is 0 Å². The Morgan fingerprint density at radius 2 is 2.38 bits per heavy atom. The summed E-state index contributed by atoms with van der Waals surface area (Å²) in [6, 6.07) is 4.39. The van der Waals surface area contributed by atoms with E-state index in [4.69, 9.17) is 16.3 Å². The highest BCUT2D eigenvalue weighted by atomic mass is 35.5. The van der Waals surface area contributed by atoms with Gasteiger partial charge >= 0.3 is 0 Å². The Morgan fingerprint density at radius 3 is 3.14 bits per heavy atom. The molecule has 1 aromatic heterocycles. The van der Waals surface area contributed by atoms with Crippen molar-refractivity contribution in [1.82, 2.24) is 4.90 Å². The number of benzene rings is 1. The van der Waals surface area contributed by atoms with Crippen LogP contribution in [0.25, 0.3) is 10.1 Å². The average Bonchev–Trinajstić information content (AvgIpc) is 2.83. The predicted octanol–water partition coefficient (Wildman–Crippen LogP) is 3.94. The van der Waals surface area contributed by atoms with Crippen molar-refractivity contribution in [2.75, 3.05) is 19.7 Å². The third kappa shape index (κ3) is 2.78. The molecule has 3 nitrogen and oxygen atoms in total. The number of morpholine rings is 1. The third-order valence-electron chi connectivity index (χ3n) is 3.67. The van der Waals surface area contributed by atoms with Crippen molar-refractivity contribution in [1.29, 1.82) is 0 Å². The van der Waals surface area contributed by atoms with Crippen LogP contribution in [0, 0.1) is 5.82 Å². The van der Waals surface area contributed by atoms with E-state index in [0.717, 1.165) is 11.8 Å². The molecule has 1 fully saturated rings. The Balaban J connectivity index is 1.92. The molecule has 0 radical (unpaired) electrons. The fourth-order valence-corrected chi connectivity index (χ4v) is 3.98. The maximum absolute atomic E-state index is 13.3. The molecule has 0 saturated carbocycles. The third-order valence-corrected chi connectivity index (χ3v) is 5.31. The Kier molecular flexibility index (Phi) is 4.15. The molecule has 6 heteroatoms. The van der Waals surface area contributed by atoms with Crippen molar-refractivity contribution >= 4 is 38.9 Å². The highest BCUT2D eigenvalue weighted by Gasteiger charge is 2.27. The van der Waals surface area contributed by atoms with Crippen LogP contribution in [0.3, 0.4) is 0 Å². The van der Waals surface area contributed by atoms with Gasteiger partial charge in [-0.2, -0.15) is 0 Å². The van der Waals surface area contributed by atoms with E-state index in [2.05, 4.69) is 0 Å². The zero-order valence-corrected chi connectivity index (χ0v) is 13.1. The van der Waals surface area contributed by atoms with Crippen LogP contribution in [0.15, 0.2) is 18.2 Å². The predicted molar refractivity (Wildman–Crippen MR) is 82.7 cm³/mol. The molecular weight excluding hydrogens is 313 g/mol. The number of carbonyl (C=O) groups is 1. The highest BCUT2D eigenvalue weighted by Crippen LogP contribution is 2.36. The van der Waals surface area contributed by atoms with Crippen molar-refractivity contribution in [2.45, 2.75) is 19.4 Å². The summed E-state index contributed by atoms with van der Waals surface area (Å²) in [5.41, 5.74) is 0. The van der Waals surface area contributed by atoms with Gasteiger partial charge in [-0.05, 0) is 24.6 Å². The Labute approximate surface area is 131 Å². The number of halogens is 2. The minimum Gasteiger partial charge on any atom is -0.375 e. The number of thiophene rings is 1. The van der Waals surface area contributed by atoms with Gasteiger partial charge in [0.25, 0.3) is 5.91 Å². The Hall–Kier alpha value is -1.17. The number of fused-ring (bicyclic) bond motifs is 1. The lowest BCUT2D eigenvalue weighted by molar-refractivity contribution is -0.0224. The molecule has 2 heterocycles. The minimum absolute atomic E-state index is 0.0771. The molecule has 21 heavy (non-hydrogen) atoms. The lowest BCUT2D eigenvalue weighted by atomic mass is 10.2. The first kappa shape index (κ1) is 14.8. The van der Waals surface area contributed by atoms with E-state index < -0.39 is 0 Å². The molecule has 0 N–H and O–H groups in total. The second-order valence-electron chi connectivity index (χ2n) is 5.04. The molecule has 1 saturated heterocycles. The van der Waals surface area contributed by atoms with E-state index in [1.807, 2.05) is 6.92 Å². The second kappa shape index (κ2) is 5.91. The molecule has 0 spiro atoms. The number of nitrogens with zero attached hydrogens (tertiary/aromatic N) is 1. The molecule has 1 aliphatic rings. The van der Waals surface area contributed by atoms with E-state index in [9.17, 15) is 9.18 Å². The van der Waals surface area contributed by atoms with E-state index in [1.165, 1.54) is 23.5 Å². The fourth-order valence-electron chi connectivity index (χ4n) is 2.47. The van der Waals surface area contributed by atoms with E-state index in [-0.39, 0.29) is 17.8 Å². The second-order valence-corrected chi connectivity index (χ2v) is 6.47. The van der Waals surface area contributed by atoms with Crippen LogP contribution in [0.4, 0.5) is 4.39 Å². The van der Waals surface area contributed by atoms with Gasteiger partial charge in [-0.25, -0.2) is 4.39 Å². The Morgan fingerprint density at radius 1 is 1.57 bits per heavy atom. The minimum atomic E-state index is -0.322. The summed E-state index contributed by atoms with van der Waals surface area (Å²) >= 11 is 7.55. The van der Waals surface area contributed by atoms with Crippen LogP contribution in [-0.2, 0) is 4.74 Å². The van der Waals surface area contributed by atoms with E-state index in [1.54, 1.807) is 11.0 Å². The van der Waals surface area contributed by atoms with Crippen LogP contribution < -0.4 is 0 Å². The zero-order chi connectivity index (χ0) is 15.0. The number of rotatable bonds is 2. The molecule has 1 aromatic carbocycles. The van der Waals surface area contributed by atoms with Crippen molar-refractivity contribution in [3.05, 3.63) is 33.9 Å². The largest absolute Gasteiger partial charge is 0.375 e. The fraction of sp³-hybridized carbons (Fsp3) is 0.400. The lowest BCUT2D eigenvalue weighted by Crippen LogP contribution is -2.45. The number of carbonyl (C=O) groups excluding carboxylic acids is 1. The quantitative estimate of drug-likeness (QED) is 0.836. The van der Waals surface area contributed by atoms with Crippen molar-refractivity contribution < 1.29 is 13.9 Å². The summed E-state index contributed by atoms with van der Waals surface area (Å²) < 4.78 is 19.6. The first-order chi connectivity index (χ1) is 10.1. The average molecular weight is 328 g/mol. The zero-order valence-electron chi connectivity index (χ0n) is 11.6. The smallest absolute Gasteiger partial charge is 0.265 e. The highest BCUT2D eigenvalue weighted by molar-refractivity contribution is 7.21. The van der Waals surface area contributed by atoms with Crippen LogP contribution in [0.2, 0.25) is 5.02 Å². The molecule has 0 bridgehead atoms.